The van der Waals surface area contributed by atoms with Crippen LogP contribution in [0.25, 0.3) is 88.2 Å². The Bertz CT molecular complexity index is 7770. The lowest BCUT2D eigenvalue weighted by Crippen LogP contribution is -2.29. The van der Waals surface area contributed by atoms with Crippen molar-refractivity contribution >= 4 is 121 Å². The van der Waals surface area contributed by atoms with Crippen LogP contribution in [0, 0.1) is 0 Å². The number of nitrogens with one attached hydrogen (secondary N) is 1. The van der Waals surface area contributed by atoms with Crippen molar-refractivity contribution in [2.24, 2.45) is 0 Å². The van der Waals surface area contributed by atoms with Crippen molar-refractivity contribution in [2.75, 3.05) is 15.1 Å². The Morgan fingerprint density at radius 3 is 1.02 bits per heavy atom. The highest BCUT2D eigenvalue weighted by molar-refractivity contribution is 9.11. The smallest absolute Gasteiger partial charge is 0.0785 e. The largest absolute Gasteiger partial charge is 1.00 e. The van der Waals surface area contributed by atoms with Crippen LogP contribution >= 0.6 is 31.9 Å². The molecule has 5 aliphatic rings. The molecule has 0 heterocycles. The van der Waals surface area contributed by atoms with Gasteiger partial charge in [0.2, 0.25) is 0 Å². The molecule has 1 N–H and O–H groups in total. The molecule has 0 amide bonds. The van der Waals surface area contributed by atoms with Gasteiger partial charge in [-0.25, -0.2) is 0 Å². The van der Waals surface area contributed by atoms with E-state index in [1.54, 1.807) is 0 Å². The lowest BCUT2D eigenvalue weighted by molar-refractivity contribution is 0.767. The molecule has 21 aromatic rings. The molecule has 5 heteroatoms. The van der Waals surface area contributed by atoms with Crippen LogP contribution in [0.15, 0.2) is 494 Å². The van der Waals surface area contributed by atoms with Crippen LogP contribution in [0.5, 0.6) is 0 Å². The Balaban J connectivity index is 0.000000154. The van der Waals surface area contributed by atoms with Crippen LogP contribution in [0.4, 0.5) is 34.1 Å². The highest BCUT2D eigenvalue weighted by Gasteiger charge is 2.49. The van der Waals surface area contributed by atoms with Crippen LogP contribution in [0.2, 0.25) is 0 Å². The van der Waals surface area contributed by atoms with E-state index in [1.165, 1.54) is 171 Å². The van der Waals surface area contributed by atoms with Gasteiger partial charge in [0.05, 0.1) is 28.0 Å². The predicted molar refractivity (Wildman–Crippen MR) is 552 cm³/mol. The van der Waals surface area contributed by atoms with Gasteiger partial charge in [-0.05, 0) is 251 Å². The average Bonchev–Trinajstić information content (AvgIpc) is 1.49. The van der Waals surface area contributed by atoms with Gasteiger partial charge in [0.1, 0.15) is 0 Å². The number of benzene rings is 21. The minimum Gasteiger partial charge on any atom is -1.00 e. The SMILES string of the molecule is Brc1ccc2ccc3c(Br)ccc4ccc1c2c43.C1=CC(N(c2ccccc2)c2ccc(C3(c4ccccc4)c4ccccc4-c4ccccc43)cc2)c2ccc3c4c(ccc1c24)C(N(c1ccccc1)c1ccc(C2(c4ccccc4)c4ccccc4-c4ccccc42)cc1)=CC3.[H-].c1ccc(Nc2ccc(C3(c4ccccc4)c4ccccc4-c4ccccc43)cc2)cc1. The molecule has 0 spiro atoms. The molecule has 0 saturated carbocycles. The molecule has 0 bridgehead atoms. The van der Waals surface area contributed by atoms with Gasteiger partial charge in [-0.3, -0.25) is 0 Å². The van der Waals surface area contributed by atoms with Crippen molar-refractivity contribution in [1.82, 2.24) is 0 Å². The first kappa shape index (κ1) is 78.3. The molecule has 0 aromatic heterocycles. The first-order valence-electron chi connectivity index (χ1n) is 44.9. The second kappa shape index (κ2) is 32.3. The molecule has 0 saturated heterocycles. The second-order valence-electron chi connectivity index (χ2n) is 34.5. The van der Waals surface area contributed by atoms with E-state index in [0.717, 1.165) is 49.5 Å². The van der Waals surface area contributed by atoms with E-state index < -0.39 is 10.8 Å². The Morgan fingerprint density at radius 1 is 0.262 bits per heavy atom. The van der Waals surface area contributed by atoms with E-state index in [9.17, 15) is 0 Å². The van der Waals surface area contributed by atoms with E-state index in [2.05, 4.69) is 520 Å². The molecule has 616 valence electrons. The summed E-state index contributed by atoms with van der Waals surface area (Å²) in [7, 11) is 0. The average molecular weight is 1790 g/mol. The molecule has 0 radical (unpaired) electrons. The van der Waals surface area contributed by atoms with Gasteiger partial charge in [-0.2, -0.15) is 0 Å². The fourth-order valence-corrected chi connectivity index (χ4v) is 23.5. The maximum Gasteiger partial charge on any atom is 0.0785 e. The molecule has 1 atom stereocenters. The second-order valence-corrected chi connectivity index (χ2v) is 36.2. The summed E-state index contributed by atoms with van der Waals surface area (Å²) in [5, 5.41) is 14.0. The van der Waals surface area contributed by atoms with Gasteiger partial charge in [-0.1, -0.05) is 438 Å². The van der Waals surface area contributed by atoms with Gasteiger partial charge >= 0.3 is 0 Å². The number of fused-ring (bicyclic) bond motifs is 9. The zero-order chi connectivity index (χ0) is 86.4. The first-order chi connectivity index (χ1) is 64.3. The van der Waals surface area contributed by atoms with Crippen molar-refractivity contribution in [3.05, 3.63) is 583 Å². The fraction of sp³-hybridized carbons (Fsp3) is 0.0400. The summed E-state index contributed by atoms with van der Waals surface area (Å²) in [4.78, 5) is 5.03. The monoisotopic (exact) mass is 1790 g/mol. The molecule has 21 aromatic carbocycles. The lowest BCUT2D eigenvalue weighted by atomic mass is 9.67. The molecule has 0 aliphatic heterocycles. The molecule has 130 heavy (non-hydrogen) atoms. The number of rotatable bonds is 14. The van der Waals surface area contributed by atoms with Crippen molar-refractivity contribution in [1.29, 1.82) is 0 Å². The molecule has 0 fully saturated rings. The Hall–Kier alpha value is -15.2. The van der Waals surface area contributed by atoms with Crippen molar-refractivity contribution in [2.45, 2.75) is 28.7 Å². The van der Waals surface area contributed by atoms with Crippen LogP contribution in [-0.4, -0.2) is 0 Å². The van der Waals surface area contributed by atoms with E-state index in [4.69, 9.17) is 0 Å². The van der Waals surface area contributed by atoms with Gasteiger partial charge in [-0.15, -0.1) is 0 Å². The highest BCUT2D eigenvalue weighted by Crippen LogP contribution is 2.61. The number of hydrogen-bond donors (Lipinski definition) is 1. The molecule has 1 unspecified atom stereocenters. The summed E-state index contributed by atoms with van der Waals surface area (Å²) < 4.78 is 2.31. The fourth-order valence-electron chi connectivity index (χ4n) is 22.6. The van der Waals surface area contributed by atoms with Crippen molar-refractivity contribution < 1.29 is 1.43 Å². The van der Waals surface area contributed by atoms with Crippen LogP contribution in [0.1, 0.15) is 96.5 Å². The van der Waals surface area contributed by atoms with Gasteiger partial charge < -0.3 is 16.5 Å². The van der Waals surface area contributed by atoms with Crippen LogP contribution < -0.4 is 15.1 Å². The van der Waals surface area contributed by atoms with Gasteiger partial charge in [0.15, 0.2) is 0 Å². The molecule has 26 rings (SSSR count). The van der Waals surface area contributed by atoms with Crippen molar-refractivity contribution in [3.63, 3.8) is 0 Å². The van der Waals surface area contributed by atoms with E-state index in [1.807, 2.05) is 18.2 Å². The maximum atomic E-state index is 3.65. The maximum absolute atomic E-state index is 3.65. The van der Waals surface area contributed by atoms with Crippen LogP contribution in [-0.2, 0) is 22.7 Å². The quantitative estimate of drug-likeness (QED) is 0.110. The zero-order valence-electron chi connectivity index (χ0n) is 72.2. The summed E-state index contributed by atoms with van der Waals surface area (Å²) in [5.74, 6) is 0. The summed E-state index contributed by atoms with van der Waals surface area (Å²) in [5.41, 5.74) is 35.2. The molecular formula is C125H86Br2N3-. The normalized spacial score (nSPS) is 14.3. The van der Waals surface area contributed by atoms with Crippen molar-refractivity contribution in [3.8, 4) is 33.4 Å². The summed E-state index contributed by atoms with van der Waals surface area (Å²) in [6.45, 7) is 0. The molecule has 5 aliphatic carbocycles. The zero-order valence-corrected chi connectivity index (χ0v) is 74.4. The number of anilines is 6. The third kappa shape index (κ3) is 12.4. The third-order valence-electron chi connectivity index (χ3n) is 28.0. The molecule has 3 nitrogen and oxygen atoms in total. The number of nitrogens with zero attached hydrogens (tertiary/aromatic N) is 2. The number of halogens is 2. The minimum absolute atomic E-state index is 0. The van der Waals surface area contributed by atoms with Gasteiger partial charge in [0.25, 0.3) is 0 Å². The van der Waals surface area contributed by atoms with E-state index >= 15 is 0 Å². The number of allylic oxidation sites excluding steroid dienone is 1. The van der Waals surface area contributed by atoms with Crippen LogP contribution in [0.3, 0.4) is 0 Å². The Morgan fingerprint density at radius 2 is 0.592 bits per heavy atom. The Kier molecular flexibility index (Phi) is 19.4. The summed E-state index contributed by atoms with van der Waals surface area (Å²) in [6.07, 6.45) is 8.06. The summed E-state index contributed by atoms with van der Waals surface area (Å²) >= 11 is 7.30. The van der Waals surface area contributed by atoms with E-state index in [-0.39, 0.29) is 12.9 Å². The number of para-hydroxylation sites is 3. The number of hydrogen-bond acceptors (Lipinski definition) is 3. The highest BCUT2D eigenvalue weighted by atomic mass is 79.9. The third-order valence-corrected chi connectivity index (χ3v) is 29.4. The van der Waals surface area contributed by atoms with E-state index in [0.29, 0.717) is 0 Å². The minimum atomic E-state index is -0.474. The molecular weight excluding hydrogens is 1700 g/mol. The predicted octanol–water partition coefficient (Wildman–Crippen LogP) is 33.2. The lowest BCUT2D eigenvalue weighted by Gasteiger charge is -2.38. The Labute approximate surface area is 776 Å². The first-order valence-corrected chi connectivity index (χ1v) is 46.5. The summed E-state index contributed by atoms with van der Waals surface area (Å²) in [6, 6.07) is 174. The standard InChI is InChI=1S/C78H54N2.C31H23N.C16H8Br2.H/c1-5-21-55(22-6-1)77(69-33-17-13-29-63(69)64-30-14-18-34-70(64)77)57-41-45-61(46-42-57)79(59-25-9-3-10-26-59)73-51-39-53-38-50-68-74(52-40-54-37-49-67(73)75(53)76(54)68)80(60-27-11-4-12-28-60)62-47-43-58(44-48-62)78(56-23-7-2-8-24-56)71-35-19-15-31-65(71)66-32-16-20-36-72(66)78;1-3-11-23(12-4-1)31(24-19-21-26(22-20-24)32-25-13-5-2-6-14-25)29-17-9-7-15-27(29)28-16-8-10-18-30(28)31;17-13-8-4-10-2-6-12-14(18)7-3-9-1-5-11(13)16(10)15(9)12;/h1-39,41-52,73H,40H2;1-22,32H;1-8H;/q;;;-1. The topological polar surface area (TPSA) is 18.5 Å². The van der Waals surface area contributed by atoms with Gasteiger partial charge in [0, 0.05) is 48.6 Å².